The van der Waals surface area contributed by atoms with Crippen molar-refractivity contribution in [3.63, 3.8) is 0 Å². The van der Waals surface area contributed by atoms with E-state index in [-0.39, 0.29) is 54.9 Å². The molecule has 76 heavy (non-hydrogen) atoms. The van der Waals surface area contributed by atoms with Gasteiger partial charge in [-0.05, 0) is 139 Å². The fourth-order valence-electron chi connectivity index (χ4n) is 10.7. The van der Waals surface area contributed by atoms with Gasteiger partial charge in [-0.1, -0.05) is 128 Å². The van der Waals surface area contributed by atoms with Gasteiger partial charge >= 0.3 is 24.5 Å². The molecule has 0 unspecified atom stereocenters. The first-order valence-electron chi connectivity index (χ1n) is 27.5. The van der Waals surface area contributed by atoms with Crippen molar-refractivity contribution in [1.29, 1.82) is 0 Å². The Balaban J connectivity index is 1.45. The molecule has 4 aromatic carbocycles. The van der Waals surface area contributed by atoms with Crippen LogP contribution in [-0.4, -0.2) is 41.7 Å². The Morgan fingerprint density at radius 3 is 1.03 bits per heavy atom. The molecule has 0 saturated carbocycles. The number of alkyl halides is 6. The molecule has 0 amide bonds. The Morgan fingerprint density at radius 1 is 0.408 bits per heavy atom. The molecule has 408 valence electrons. The first kappa shape index (κ1) is 56.0. The molecule has 14 heteroatoms. The van der Waals surface area contributed by atoms with Crippen LogP contribution in [0.5, 0.6) is 0 Å². The number of benzene rings is 4. The molecule has 4 heterocycles. The lowest BCUT2D eigenvalue weighted by molar-refractivity contribution is -0.138. The van der Waals surface area contributed by atoms with Crippen LogP contribution in [0.4, 0.5) is 35.9 Å². The lowest BCUT2D eigenvalue weighted by Crippen LogP contribution is -2.27. The number of halogens is 6. The summed E-state index contributed by atoms with van der Waals surface area (Å²) < 4.78 is 108. The molecule has 0 fully saturated rings. The minimum Gasteiger partial charge on any atom is -0.443 e. The van der Waals surface area contributed by atoms with Crippen LogP contribution in [-0.2, 0) is 34.7 Å². The monoisotopic (exact) mass is 1050 g/mol. The zero-order valence-electron chi connectivity index (χ0n) is 45.5. The second-order valence-corrected chi connectivity index (χ2v) is 22.6. The first-order valence-corrected chi connectivity index (χ1v) is 27.5. The summed E-state index contributed by atoms with van der Waals surface area (Å²) in [5, 5.41) is 0.129. The summed E-state index contributed by atoms with van der Waals surface area (Å²) in [7, 11) is 0. The molecule has 8 nitrogen and oxygen atoms in total. The molecule has 0 atom stereocenters. The normalized spacial score (nSPS) is 12.9. The first-order chi connectivity index (χ1) is 36.0. The summed E-state index contributed by atoms with van der Waals surface area (Å²) >= 11 is 0. The van der Waals surface area contributed by atoms with E-state index in [4.69, 9.17) is 9.47 Å². The maximum atomic E-state index is 14.9. The minimum absolute atomic E-state index is 0.0644. The standard InChI is InChI=1S/C62H74F6N4O4/c1-9-11-13-15-17-19-21-23-25-41-27-33-45(34-28-41)69-51-47-39-43(61(63,64)65)31-37-49(47)71(57(73)75-59(3,4)5)53(51)56-55(69)54-52(70(56)46-35-29-42(30-36-46)26-24-22-20-18-16-14-12-10-2)48-40-44(62(66,67)68)32-38-50(48)72(54)58(74)76-60(6,7)8/h27-40H,9-26H2,1-8H3. The van der Waals surface area contributed by atoms with E-state index in [1.807, 2.05) is 48.5 Å². The number of aryl methyl sites for hydroxylation is 2. The average Bonchev–Trinajstić information content (AvgIpc) is 4.28. The lowest BCUT2D eigenvalue weighted by Gasteiger charge is -2.20. The molecule has 4 aromatic heterocycles. The number of ether oxygens (including phenoxy) is 2. The van der Waals surface area contributed by atoms with E-state index in [2.05, 4.69) is 13.8 Å². The van der Waals surface area contributed by atoms with Crippen LogP contribution >= 0.6 is 0 Å². The van der Waals surface area contributed by atoms with Gasteiger partial charge in [0.2, 0.25) is 0 Å². The number of rotatable bonds is 20. The number of aromatic nitrogens is 4. The van der Waals surface area contributed by atoms with Crippen LogP contribution in [0, 0.1) is 0 Å². The molecule has 0 N–H and O–H groups in total. The lowest BCUT2D eigenvalue weighted by atomic mass is 10.0. The van der Waals surface area contributed by atoms with E-state index < -0.39 is 46.9 Å². The molecule has 0 radical (unpaired) electrons. The van der Waals surface area contributed by atoms with Gasteiger partial charge in [-0.2, -0.15) is 26.3 Å². The average molecular weight is 1050 g/mol. The van der Waals surface area contributed by atoms with E-state index in [9.17, 15) is 35.9 Å². The molecule has 0 aliphatic carbocycles. The summed E-state index contributed by atoms with van der Waals surface area (Å²) in [6.45, 7) is 14.5. The van der Waals surface area contributed by atoms with Gasteiger partial charge in [0.25, 0.3) is 0 Å². The number of fused-ring (bicyclic) bond motifs is 9. The van der Waals surface area contributed by atoms with Gasteiger partial charge in [-0.25, -0.2) is 18.7 Å². The summed E-state index contributed by atoms with van der Waals surface area (Å²) in [4.78, 5) is 29.9. The number of carbonyl (C=O) groups is 2. The van der Waals surface area contributed by atoms with E-state index in [1.165, 1.54) is 85.5 Å². The van der Waals surface area contributed by atoms with E-state index in [0.717, 1.165) is 86.8 Å². The number of nitrogens with zero attached hydrogens (tertiary/aromatic N) is 4. The Morgan fingerprint density at radius 2 is 0.724 bits per heavy atom. The van der Waals surface area contributed by atoms with Crippen LogP contribution in [0.25, 0.3) is 66.3 Å². The molecule has 8 aromatic rings. The van der Waals surface area contributed by atoms with Crippen LogP contribution in [0.1, 0.15) is 180 Å². The second kappa shape index (κ2) is 22.8. The molecular formula is C62H74F6N4O4. The predicted octanol–water partition coefficient (Wildman–Crippen LogP) is 19.6. The van der Waals surface area contributed by atoms with Gasteiger partial charge in [-0.15, -0.1) is 0 Å². The van der Waals surface area contributed by atoms with Crippen molar-refractivity contribution in [1.82, 2.24) is 18.3 Å². The third kappa shape index (κ3) is 12.2. The zero-order valence-corrected chi connectivity index (χ0v) is 45.5. The van der Waals surface area contributed by atoms with Crippen molar-refractivity contribution >= 4 is 67.1 Å². The SMILES string of the molecule is CCCCCCCCCCc1ccc(-n2c3c4cc(C(F)(F)F)ccc4n(C(=O)OC(C)(C)C)c3c3c2c2c(c4cc(C(F)(F)F)ccc4n2C(=O)OC(C)(C)C)n3-c2ccc(CCCCCCCCCC)cc2)cc1. The van der Waals surface area contributed by atoms with Gasteiger partial charge in [0.1, 0.15) is 22.2 Å². The highest BCUT2D eigenvalue weighted by molar-refractivity contribution is 6.30. The Kier molecular flexibility index (Phi) is 16.8. The van der Waals surface area contributed by atoms with Crippen LogP contribution < -0.4 is 0 Å². The van der Waals surface area contributed by atoms with Crippen molar-refractivity contribution in [3.8, 4) is 11.4 Å². The van der Waals surface area contributed by atoms with E-state index in [0.29, 0.717) is 11.4 Å². The predicted molar refractivity (Wildman–Crippen MR) is 295 cm³/mol. The fraction of sp³-hybridized carbons (Fsp3) is 0.484. The van der Waals surface area contributed by atoms with Crippen molar-refractivity contribution < 1.29 is 45.4 Å². The van der Waals surface area contributed by atoms with E-state index in [1.54, 1.807) is 50.7 Å². The summed E-state index contributed by atoms with van der Waals surface area (Å²) in [6.07, 6.45) is 8.71. The zero-order chi connectivity index (χ0) is 54.7. The maximum Gasteiger partial charge on any atom is 0.419 e. The van der Waals surface area contributed by atoms with Gasteiger partial charge in [0, 0.05) is 22.1 Å². The van der Waals surface area contributed by atoms with Crippen LogP contribution in [0.3, 0.4) is 0 Å². The highest BCUT2D eigenvalue weighted by atomic mass is 19.4. The third-order valence-electron chi connectivity index (χ3n) is 14.3. The molecule has 0 bridgehead atoms. The molecular weight excluding hydrogens is 979 g/mol. The molecule has 0 aliphatic heterocycles. The maximum absolute atomic E-state index is 14.9. The molecule has 8 rings (SSSR count). The summed E-state index contributed by atoms with van der Waals surface area (Å²) in [6, 6.07) is 21.8. The minimum atomic E-state index is -4.78. The van der Waals surface area contributed by atoms with Crippen molar-refractivity contribution in [2.45, 2.75) is 195 Å². The van der Waals surface area contributed by atoms with Gasteiger partial charge < -0.3 is 18.6 Å². The Bertz CT molecular complexity index is 3100. The molecule has 0 spiro atoms. The smallest absolute Gasteiger partial charge is 0.419 e. The Hall–Kier alpha value is -6.18. The van der Waals surface area contributed by atoms with Gasteiger partial charge in [0.05, 0.1) is 44.2 Å². The largest absolute Gasteiger partial charge is 0.443 e. The third-order valence-corrected chi connectivity index (χ3v) is 14.3. The van der Waals surface area contributed by atoms with Crippen molar-refractivity contribution in [2.75, 3.05) is 0 Å². The number of hydrogen-bond acceptors (Lipinski definition) is 4. The quantitative estimate of drug-likeness (QED) is 0.0563. The highest BCUT2D eigenvalue weighted by Crippen LogP contribution is 2.49. The van der Waals surface area contributed by atoms with Crippen LogP contribution in [0.15, 0.2) is 84.9 Å². The fourth-order valence-corrected chi connectivity index (χ4v) is 10.7. The highest BCUT2D eigenvalue weighted by Gasteiger charge is 2.38. The second-order valence-electron chi connectivity index (χ2n) is 22.6. The van der Waals surface area contributed by atoms with Crippen molar-refractivity contribution in [3.05, 3.63) is 107 Å². The summed E-state index contributed by atoms with van der Waals surface area (Å²) in [5.41, 5.74) is 0.440. The van der Waals surface area contributed by atoms with Gasteiger partial charge in [0.15, 0.2) is 0 Å². The van der Waals surface area contributed by atoms with Crippen LogP contribution in [0.2, 0.25) is 0 Å². The van der Waals surface area contributed by atoms with E-state index >= 15 is 0 Å². The summed E-state index contributed by atoms with van der Waals surface area (Å²) in [5.74, 6) is 0. The Labute approximate surface area is 442 Å². The molecule has 0 saturated heterocycles. The van der Waals surface area contributed by atoms with Crippen molar-refractivity contribution in [2.24, 2.45) is 0 Å². The van der Waals surface area contributed by atoms with Gasteiger partial charge in [-0.3, -0.25) is 0 Å². The molecule has 0 aliphatic rings. The number of carbonyl (C=O) groups excluding carboxylic acids is 2. The topological polar surface area (TPSA) is 72.3 Å². The number of hydrogen-bond donors (Lipinski definition) is 0. The number of unbranched alkanes of at least 4 members (excludes halogenated alkanes) is 14.